The van der Waals surface area contributed by atoms with Crippen LogP contribution in [0.3, 0.4) is 0 Å². The molecule has 0 heterocycles. The van der Waals surface area contributed by atoms with E-state index < -0.39 is 139 Å². The first-order valence-electron chi connectivity index (χ1n) is 25.7. The Bertz CT molecular complexity index is 2270. The average Bonchev–Trinajstić information content (AvgIpc) is 3.35. The summed E-state index contributed by atoms with van der Waals surface area (Å²) in [6, 6.07) is 9.81. The number of carboxylic acid groups (broad SMARTS) is 3. The lowest BCUT2D eigenvalue weighted by atomic mass is 9.78. The topological polar surface area (TPSA) is 361 Å². The first-order valence-corrected chi connectivity index (χ1v) is 27.0. The molecule has 0 bridgehead atoms. The monoisotopic (exact) mass is 1080 g/mol. The van der Waals surface area contributed by atoms with Crippen molar-refractivity contribution in [3.8, 4) is 0 Å². The van der Waals surface area contributed by atoms with Gasteiger partial charge < -0.3 is 53.4 Å². The van der Waals surface area contributed by atoms with Crippen LogP contribution in [-0.2, 0) is 65.6 Å². The standard InChI is InChI=1S/C54H79N7O14S/c1-31(2)23-42(60-52(72)40(19-13-14-22-55)59-51(71)39(56)30-76-6)46(64)28-38(32(3)4)45(63)26-36(24-34-15-9-7-10-16-34)44(62)27-37(25-35-17-11-8-12-18-35)50(70)57-33(5)49(69)58-41(20-21-47(65)66)53(73)61-43(54(74)75)29-48(67)68/h7-12,15-18,31-33,36-43H,13-14,19-30,55-56H2,1-6H3,(H,57,70)(H,58,69)(H,59,71)(H,60,72)(H,61,73)(H,65,66)(H,67,68)(H,74,75)/t33-,36+,37+,38-,39-,40-,41-,42-,43-/m0/s1. The molecule has 0 saturated carbocycles. The van der Waals surface area contributed by atoms with E-state index in [0.717, 1.165) is 5.56 Å². The predicted molar refractivity (Wildman–Crippen MR) is 285 cm³/mol. The summed E-state index contributed by atoms with van der Waals surface area (Å²) in [6.45, 7) is 8.98. The molecular weight excluding hydrogens is 1000 g/mol. The van der Waals surface area contributed by atoms with Gasteiger partial charge in [0, 0.05) is 49.2 Å². The van der Waals surface area contributed by atoms with E-state index in [9.17, 15) is 63.0 Å². The minimum atomic E-state index is -1.91. The van der Waals surface area contributed by atoms with Crippen LogP contribution >= 0.6 is 11.8 Å². The number of ketones is 3. The Morgan fingerprint density at radius 2 is 1.05 bits per heavy atom. The van der Waals surface area contributed by atoms with Crippen LogP contribution in [0.5, 0.6) is 0 Å². The number of hydrogen-bond acceptors (Lipinski definition) is 14. The number of Topliss-reactive ketones (excluding diaryl/α,β-unsaturated/α-hetero) is 3. The van der Waals surface area contributed by atoms with Crippen molar-refractivity contribution in [2.45, 2.75) is 148 Å². The van der Waals surface area contributed by atoms with Crippen LogP contribution in [-0.4, -0.2) is 135 Å². The molecule has 0 aromatic heterocycles. The molecule has 0 aliphatic carbocycles. The number of amides is 5. The van der Waals surface area contributed by atoms with E-state index in [1.807, 2.05) is 19.2 Å². The van der Waals surface area contributed by atoms with Gasteiger partial charge in [-0.1, -0.05) is 88.4 Å². The zero-order valence-corrected chi connectivity index (χ0v) is 45.2. The maximum absolute atomic E-state index is 14.7. The number of nitrogens with two attached hydrogens (primary N) is 2. The van der Waals surface area contributed by atoms with E-state index in [-0.39, 0.29) is 56.1 Å². The van der Waals surface area contributed by atoms with E-state index in [1.54, 1.807) is 80.8 Å². The Balaban J connectivity index is 2.45. The number of carbonyl (C=O) groups is 11. The van der Waals surface area contributed by atoms with Gasteiger partial charge in [0.2, 0.25) is 29.5 Å². The Morgan fingerprint density at radius 3 is 1.55 bits per heavy atom. The van der Waals surface area contributed by atoms with Gasteiger partial charge in [0.05, 0.1) is 18.5 Å². The molecule has 0 fully saturated rings. The summed E-state index contributed by atoms with van der Waals surface area (Å²) in [7, 11) is 0. The van der Waals surface area contributed by atoms with Crippen LogP contribution in [0.25, 0.3) is 0 Å². The number of thioether (sulfide) groups is 1. The average molecular weight is 1080 g/mol. The molecule has 0 unspecified atom stereocenters. The number of unbranched alkanes of at least 4 members (excludes halogenated alkanes) is 1. The van der Waals surface area contributed by atoms with Gasteiger partial charge in [0.25, 0.3) is 0 Å². The van der Waals surface area contributed by atoms with Gasteiger partial charge in [-0.25, -0.2) is 4.79 Å². The first kappa shape index (κ1) is 65.6. The van der Waals surface area contributed by atoms with Crippen LogP contribution in [0.4, 0.5) is 0 Å². The van der Waals surface area contributed by atoms with E-state index in [2.05, 4.69) is 21.3 Å². The highest BCUT2D eigenvalue weighted by atomic mass is 32.2. The molecule has 0 aliphatic rings. The van der Waals surface area contributed by atoms with E-state index in [1.165, 1.54) is 18.7 Å². The molecular formula is C54H79N7O14S. The molecule has 0 saturated heterocycles. The highest BCUT2D eigenvalue weighted by molar-refractivity contribution is 7.98. The van der Waals surface area contributed by atoms with Gasteiger partial charge in [0.1, 0.15) is 35.7 Å². The van der Waals surface area contributed by atoms with Crippen molar-refractivity contribution >= 4 is 76.6 Å². The van der Waals surface area contributed by atoms with Gasteiger partial charge in [0.15, 0.2) is 5.78 Å². The highest BCUT2D eigenvalue weighted by Crippen LogP contribution is 2.27. The summed E-state index contributed by atoms with van der Waals surface area (Å²) in [5.74, 6) is -12.9. The smallest absolute Gasteiger partial charge is 0.326 e. The van der Waals surface area contributed by atoms with Gasteiger partial charge in [-0.3, -0.25) is 47.9 Å². The molecule has 0 radical (unpaired) electrons. The Hall–Kier alpha value is -6.52. The number of nitrogens with one attached hydrogen (secondary N) is 5. The largest absolute Gasteiger partial charge is 0.481 e. The summed E-state index contributed by atoms with van der Waals surface area (Å²) < 4.78 is 0. The maximum atomic E-state index is 14.7. The van der Waals surface area contributed by atoms with Gasteiger partial charge >= 0.3 is 17.9 Å². The second-order valence-corrected chi connectivity index (χ2v) is 20.9. The van der Waals surface area contributed by atoms with Gasteiger partial charge in [-0.2, -0.15) is 11.8 Å². The van der Waals surface area contributed by atoms with Crippen LogP contribution in [0, 0.1) is 29.6 Å². The highest BCUT2D eigenvalue weighted by Gasteiger charge is 2.36. The molecule has 12 N–H and O–H groups in total. The van der Waals surface area contributed by atoms with Crippen molar-refractivity contribution in [2.24, 2.45) is 41.1 Å². The summed E-state index contributed by atoms with van der Waals surface area (Å²) in [6.07, 6.45) is 0.374. The van der Waals surface area contributed by atoms with Crippen molar-refractivity contribution in [1.82, 2.24) is 26.6 Å². The van der Waals surface area contributed by atoms with E-state index in [4.69, 9.17) is 16.6 Å². The van der Waals surface area contributed by atoms with Crippen molar-refractivity contribution in [3.05, 3.63) is 71.8 Å². The fourth-order valence-corrected chi connectivity index (χ4v) is 8.94. The molecule has 22 heteroatoms. The molecule has 21 nitrogen and oxygen atoms in total. The minimum absolute atomic E-state index is 0.0107. The van der Waals surface area contributed by atoms with Crippen molar-refractivity contribution in [1.29, 1.82) is 0 Å². The lowest BCUT2D eigenvalue weighted by molar-refractivity contribution is -0.147. The Kier molecular flexibility index (Phi) is 29.5. The van der Waals surface area contributed by atoms with Gasteiger partial charge in [-0.05, 0) is 87.6 Å². The summed E-state index contributed by atoms with van der Waals surface area (Å²) in [4.78, 5) is 146. The zero-order chi connectivity index (χ0) is 57.1. The van der Waals surface area contributed by atoms with Crippen molar-refractivity contribution in [2.75, 3.05) is 18.6 Å². The molecule has 0 spiro atoms. The Labute approximate surface area is 449 Å². The molecule has 2 rings (SSSR count). The van der Waals surface area contributed by atoms with Crippen LogP contribution in [0.15, 0.2) is 60.7 Å². The lowest BCUT2D eigenvalue weighted by Crippen LogP contribution is -2.56. The molecule has 5 amide bonds. The van der Waals surface area contributed by atoms with Crippen LogP contribution in [0.1, 0.15) is 110 Å². The second kappa shape index (κ2) is 34.2. The third kappa shape index (κ3) is 24.4. The minimum Gasteiger partial charge on any atom is -0.481 e. The second-order valence-electron chi connectivity index (χ2n) is 20.0. The van der Waals surface area contributed by atoms with Crippen LogP contribution in [0.2, 0.25) is 0 Å². The van der Waals surface area contributed by atoms with Crippen LogP contribution < -0.4 is 38.1 Å². The lowest BCUT2D eigenvalue weighted by Gasteiger charge is -2.27. The fourth-order valence-electron chi connectivity index (χ4n) is 8.43. The predicted octanol–water partition coefficient (Wildman–Crippen LogP) is 2.59. The van der Waals surface area contributed by atoms with Crippen molar-refractivity contribution in [3.63, 3.8) is 0 Å². The number of aliphatic carboxylic acids is 3. The molecule has 420 valence electrons. The summed E-state index contributed by atoms with van der Waals surface area (Å²) in [5.41, 5.74) is 13.1. The molecule has 9 atom stereocenters. The fraction of sp³-hybridized carbons (Fsp3) is 0.574. The SMILES string of the molecule is CSC[C@H](N)C(=O)N[C@@H](CCCCN)C(=O)N[C@@H](CC(C)C)C(=O)C[C@H](C(=O)C[C@@H](Cc1ccccc1)C(=O)C[C@@H](Cc1ccccc1)C(=O)N[C@@H](C)C(=O)N[C@@H](CCC(=O)O)C(=O)N[C@@H](CC(=O)O)C(=O)O)C(C)C. The van der Waals surface area contributed by atoms with Crippen molar-refractivity contribution < 1.29 is 68.1 Å². The molecule has 2 aromatic carbocycles. The maximum Gasteiger partial charge on any atom is 0.326 e. The number of carbonyl (C=O) groups excluding carboxylic acids is 8. The quantitative estimate of drug-likeness (QED) is 0.0432. The number of benzene rings is 2. The first-order chi connectivity index (χ1) is 35.9. The number of hydrogen-bond donors (Lipinski definition) is 10. The number of carboxylic acids is 3. The summed E-state index contributed by atoms with van der Waals surface area (Å²) >= 11 is 1.38. The molecule has 0 aliphatic heterocycles. The summed E-state index contributed by atoms with van der Waals surface area (Å²) in [5, 5.41) is 40.3. The molecule has 76 heavy (non-hydrogen) atoms. The third-order valence-corrected chi connectivity index (χ3v) is 13.4. The zero-order valence-electron chi connectivity index (χ0n) is 44.4. The van der Waals surface area contributed by atoms with Gasteiger partial charge in [-0.15, -0.1) is 0 Å². The Morgan fingerprint density at radius 1 is 0.539 bits per heavy atom. The normalized spacial score (nSPS) is 14.8. The third-order valence-electron chi connectivity index (χ3n) is 12.7. The van der Waals surface area contributed by atoms with E-state index >= 15 is 0 Å². The molecule has 2 aromatic rings. The van der Waals surface area contributed by atoms with E-state index in [0.29, 0.717) is 30.7 Å². The number of rotatable bonds is 38.